The van der Waals surface area contributed by atoms with Crippen molar-refractivity contribution in [1.29, 1.82) is 0 Å². The van der Waals surface area contributed by atoms with E-state index < -0.39 is 6.10 Å². The van der Waals surface area contributed by atoms with Gasteiger partial charge in [-0.25, -0.2) is 0 Å². The summed E-state index contributed by atoms with van der Waals surface area (Å²) in [7, 11) is 0. The van der Waals surface area contributed by atoms with E-state index in [4.69, 9.17) is 9.84 Å². The number of hydrogen-bond donors (Lipinski definition) is 3. The second-order valence-electron chi connectivity index (χ2n) is 5.38. The van der Waals surface area contributed by atoms with Gasteiger partial charge in [-0.1, -0.05) is 6.92 Å². The van der Waals surface area contributed by atoms with Gasteiger partial charge in [0.05, 0.1) is 24.9 Å². The van der Waals surface area contributed by atoms with E-state index in [1.165, 1.54) is 12.8 Å². The normalized spacial score (nSPS) is 28.9. The minimum atomic E-state index is -0.479. The molecule has 0 saturated heterocycles. The Labute approximate surface area is 104 Å². The summed E-state index contributed by atoms with van der Waals surface area (Å²) in [6.07, 6.45) is 4.19. The van der Waals surface area contributed by atoms with Crippen LogP contribution in [-0.2, 0) is 4.74 Å². The second kappa shape index (κ2) is 8.03. The van der Waals surface area contributed by atoms with Gasteiger partial charge in [0.2, 0.25) is 0 Å². The highest BCUT2D eigenvalue weighted by Gasteiger charge is 2.19. The fourth-order valence-corrected chi connectivity index (χ4v) is 2.16. The van der Waals surface area contributed by atoms with Gasteiger partial charge in [0.1, 0.15) is 0 Å². The Morgan fingerprint density at radius 3 is 2.41 bits per heavy atom. The zero-order valence-electron chi connectivity index (χ0n) is 11.1. The van der Waals surface area contributed by atoms with Crippen LogP contribution in [0.2, 0.25) is 0 Å². The van der Waals surface area contributed by atoms with Crippen LogP contribution in [0.3, 0.4) is 0 Å². The number of ether oxygens (including phenoxy) is 1. The zero-order valence-corrected chi connectivity index (χ0v) is 11.1. The van der Waals surface area contributed by atoms with Gasteiger partial charge in [-0.15, -0.1) is 0 Å². The Morgan fingerprint density at radius 1 is 1.18 bits per heavy atom. The molecule has 1 rings (SSSR count). The van der Waals surface area contributed by atoms with Crippen molar-refractivity contribution in [2.24, 2.45) is 5.92 Å². The Bertz CT molecular complexity index is 191. The van der Waals surface area contributed by atoms with E-state index in [-0.39, 0.29) is 6.10 Å². The van der Waals surface area contributed by atoms with Gasteiger partial charge >= 0.3 is 0 Å². The maximum Gasteiger partial charge on any atom is 0.0897 e. The summed E-state index contributed by atoms with van der Waals surface area (Å²) in [5.74, 6) is 0.826. The van der Waals surface area contributed by atoms with Crippen LogP contribution in [0.1, 0.15) is 39.5 Å². The number of hydrogen-bond acceptors (Lipinski definition) is 4. The van der Waals surface area contributed by atoms with Gasteiger partial charge in [-0.3, -0.25) is 0 Å². The molecule has 3 N–H and O–H groups in total. The van der Waals surface area contributed by atoms with Crippen LogP contribution in [0, 0.1) is 5.92 Å². The Balaban J connectivity index is 2.01. The molecule has 1 saturated carbocycles. The molecule has 0 radical (unpaired) electrons. The van der Waals surface area contributed by atoms with Crippen LogP contribution < -0.4 is 5.32 Å². The van der Waals surface area contributed by atoms with Crippen LogP contribution in [0.5, 0.6) is 0 Å². The number of rotatable bonds is 7. The molecule has 4 nitrogen and oxygen atoms in total. The molecule has 0 amide bonds. The van der Waals surface area contributed by atoms with Crippen molar-refractivity contribution in [3.05, 3.63) is 0 Å². The summed E-state index contributed by atoms with van der Waals surface area (Å²) in [5, 5.41) is 21.7. The van der Waals surface area contributed by atoms with Gasteiger partial charge in [0, 0.05) is 13.1 Å². The van der Waals surface area contributed by atoms with E-state index in [1.54, 1.807) is 6.92 Å². The SMILES string of the molecule is CC(O)CNCC(O)COC1CCC(C)CC1. The predicted octanol–water partition coefficient (Wildman–Crippen LogP) is 0.913. The maximum absolute atomic E-state index is 9.68. The van der Waals surface area contributed by atoms with Crippen LogP contribution in [0.4, 0.5) is 0 Å². The van der Waals surface area contributed by atoms with E-state index in [0.29, 0.717) is 25.8 Å². The third-order valence-electron chi connectivity index (χ3n) is 3.31. The Hall–Kier alpha value is -0.160. The van der Waals surface area contributed by atoms with E-state index >= 15 is 0 Å². The van der Waals surface area contributed by atoms with Crippen molar-refractivity contribution in [3.8, 4) is 0 Å². The van der Waals surface area contributed by atoms with Gasteiger partial charge in [-0.2, -0.15) is 0 Å². The maximum atomic E-state index is 9.68. The first-order valence-electron chi connectivity index (χ1n) is 6.76. The van der Waals surface area contributed by atoms with Gasteiger partial charge < -0.3 is 20.3 Å². The first-order valence-corrected chi connectivity index (χ1v) is 6.76. The zero-order chi connectivity index (χ0) is 12.7. The van der Waals surface area contributed by atoms with Crippen molar-refractivity contribution < 1.29 is 14.9 Å². The molecule has 1 aliphatic rings. The monoisotopic (exact) mass is 245 g/mol. The van der Waals surface area contributed by atoms with E-state index in [0.717, 1.165) is 18.8 Å². The largest absolute Gasteiger partial charge is 0.392 e. The lowest BCUT2D eigenvalue weighted by molar-refractivity contribution is -0.0282. The molecule has 0 aromatic carbocycles. The highest BCUT2D eigenvalue weighted by molar-refractivity contribution is 4.71. The topological polar surface area (TPSA) is 61.7 Å². The minimum Gasteiger partial charge on any atom is -0.392 e. The van der Waals surface area contributed by atoms with Crippen LogP contribution in [0.15, 0.2) is 0 Å². The van der Waals surface area contributed by atoms with Crippen molar-refractivity contribution in [1.82, 2.24) is 5.32 Å². The standard InChI is InChI=1S/C13H27NO3/c1-10-3-5-13(6-4-10)17-9-12(16)8-14-7-11(2)15/h10-16H,3-9H2,1-2H3. The molecule has 2 atom stereocenters. The number of aliphatic hydroxyl groups excluding tert-OH is 2. The molecule has 0 aliphatic heterocycles. The molecule has 0 aromatic heterocycles. The third kappa shape index (κ3) is 6.99. The summed E-state index contributed by atoms with van der Waals surface area (Å²) in [4.78, 5) is 0. The number of aliphatic hydroxyl groups is 2. The molecule has 0 heterocycles. The lowest BCUT2D eigenvalue weighted by atomic mass is 9.89. The highest BCUT2D eigenvalue weighted by Crippen LogP contribution is 2.25. The number of nitrogens with one attached hydrogen (secondary N) is 1. The summed E-state index contributed by atoms with van der Waals surface area (Å²) >= 11 is 0. The van der Waals surface area contributed by atoms with Crippen LogP contribution >= 0.6 is 0 Å². The fraction of sp³-hybridized carbons (Fsp3) is 1.00. The lowest BCUT2D eigenvalue weighted by Crippen LogP contribution is -2.35. The van der Waals surface area contributed by atoms with E-state index in [9.17, 15) is 5.11 Å². The molecule has 2 unspecified atom stereocenters. The molecule has 0 bridgehead atoms. The molecular formula is C13H27NO3. The minimum absolute atomic E-state index is 0.331. The lowest BCUT2D eigenvalue weighted by Gasteiger charge is -2.27. The Kier molecular flexibility index (Phi) is 7.04. The van der Waals surface area contributed by atoms with Crippen molar-refractivity contribution >= 4 is 0 Å². The fourth-order valence-electron chi connectivity index (χ4n) is 2.16. The molecule has 0 spiro atoms. The molecule has 1 aliphatic carbocycles. The van der Waals surface area contributed by atoms with Gasteiger partial charge in [0.25, 0.3) is 0 Å². The summed E-state index contributed by atoms with van der Waals surface area (Å²) in [5.41, 5.74) is 0. The summed E-state index contributed by atoms with van der Waals surface area (Å²) in [6.45, 7) is 5.39. The van der Waals surface area contributed by atoms with Crippen molar-refractivity contribution in [2.75, 3.05) is 19.7 Å². The quantitative estimate of drug-likeness (QED) is 0.624. The Morgan fingerprint density at radius 2 is 1.82 bits per heavy atom. The van der Waals surface area contributed by atoms with Crippen molar-refractivity contribution in [3.63, 3.8) is 0 Å². The van der Waals surface area contributed by atoms with Gasteiger partial charge in [-0.05, 0) is 38.5 Å². The van der Waals surface area contributed by atoms with E-state index in [2.05, 4.69) is 12.2 Å². The average Bonchev–Trinajstić information content (AvgIpc) is 2.28. The highest BCUT2D eigenvalue weighted by atomic mass is 16.5. The smallest absolute Gasteiger partial charge is 0.0897 e. The molecule has 4 heteroatoms. The first kappa shape index (κ1) is 14.9. The first-order chi connectivity index (χ1) is 8.08. The molecular weight excluding hydrogens is 218 g/mol. The van der Waals surface area contributed by atoms with Crippen LogP contribution in [0.25, 0.3) is 0 Å². The molecule has 102 valence electrons. The van der Waals surface area contributed by atoms with Crippen LogP contribution in [-0.4, -0.2) is 48.2 Å². The molecule has 1 fully saturated rings. The van der Waals surface area contributed by atoms with Gasteiger partial charge in [0.15, 0.2) is 0 Å². The summed E-state index contributed by atoms with van der Waals surface area (Å²) in [6, 6.07) is 0. The molecule has 17 heavy (non-hydrogen) atoms. The third-order valence-corrected chi connectivity index (χ3v) is 3.31. The average molecular weight is 245 g/mol. The van der Waals surface area contributed by atoms with E-state index in [1.807, 2.05) is 0 Å². The second-order valence-corrected chi connectivity index (χ2v) is 5.38. The summed E-state index contributed by atoms with van der Waals surface area (Å²) < 4.78 is 5.70. The van der Waals surface area contributed by atoms with Crippen molar-refractivity contribution in [2.45, 2.75) is 57.8 Å². The molecule has 0 aromatic rings. The predicted molar refractivity (Wildman–Crippen MR) is 67.9 cm³/mol.